The van der Waals surface area contributed by atoms with Crippen LogP contribution in [0.5, 0.6) is 0 Å². The summed E-state index contributed by atoms with van der Waals surface area (Å²) in [5.74, 6) is 0.963. The molecular weight excluding hydrogens is 403 g/mol. The van der Waals surface area contributed by atoms with Crippen LogP contribution in [0.1, 0.15) is 25.7 Å². The molecule has 1 unspecified atom stereocenters. The van der Waals surface area contributed by atoms with Crippen LogP contribution in [0.25, 0.3) is 11.5 Å². The lowest BCUT2D eigenvalue weighted by Gasteiger charge is -2.20. The third-order valence-corrected chi connectivity index (χ3v) is 4.86. The zero-order valence-corrected chi connectivity index (χ0v) is 14.9. The van der Waals surface area contributed by atoms with Gasteiger partial charge in [-0.3, -0.25) is 0 Å². The van der Waals surface area contributed by atoms with Crippen molar-refractivity contribution in [2.24, 2.45) is 5.73 Å². The second kappa shape index (κ2) is 7.53. The maximum atomic E-state index is 6.14. The van der Waals surface area contributed by atoms with Crippen molar-refractivity contribution < 1.29 is 4.52 Å². The Morgan fingerprint density at radius 3 is 2.71 bits per heavy atom. The minimum absolute atomic E-state index is 0.262. The van der Waals surface area contributed by atoms with Gasteiger partial charge < -0.3 is 15.2 Å². The molecule has 0 aliphatic carbocycles. The van der Waals surface area contributed by atoms with Crippen molar-refractivity contribution in [2.75, 3.05) is 19.6 Å². The largest absolute Gasteiger partial charge is 0.334 e. The Labute approximate surface area is 143 Å². The van der Waals surface area contributed by atoms with Gasteiger partial charge in [0, 0.05) is 15.7 Å². The lowest BCUT2D eigenvalue weighted by Crippen LogP contribution is -2.32. The zero-order valence-electron chi connectivity index (χ0n) is 12.0. The Kier molecular flexibility index (Phi) is 5.98. The topological polar surface area (TPSA) is 68.2 Å². The van der Waals surface area contributed by atoms with Gasteiger partial charge in [-0.15, -0.1) is 0 Å². The van der Waals surface area contributed by atoms with E-state index in [9.17, 15) is 0 Å². The molecule has 0 saturated heterocycles. The number of nitrogens with two attached hydrogens (primary N) is 1. The Hall–Kier alpha value is -0.700. The molecular formula is C14H18ClIN4O. The average molecular weight is 421 g/mol. The summed E-state index contributed by atoms with van der Waals surface area (Å²) in [6, 6.07) is 5.37. The van der Waals surface area contributed by atoms with E-state index in [2.05, 4.69) is 51.5 Å². The second-order valence-corrected chi connectivity index (χ2v) is 6.25. The molecule has 114 valence electrons. The number of halogens is 2. The van der Waals surface area contributed by atoms with Crippen LogP contribution in [0.4, 0.5) is 0 Å². The highest BCUT2D eigenvalue weighted by Crippen LogP contribution is 2.26. The highest BCUT2D eigenvalue weighted by molar-refractivity contribution is 14.1. The Morgan fingerprint density at radius 1 is 1.38 bits per heavy atom. The van der Waals surface area contributed by atoms with Gasteiger partial charge >= 0.3 is 0 Å². The number of nitrogens with zero attached hydrogens (tertiary/aromatic N) is 3. The van der Waals surface area contributed by atoms with Gasteiger partial charge in [-0.2, -0.15) is 4.98 Å². The maximum absolute atomic E-state index is 6.14. The van der Waals surface area contributed by atoms with E-state index in [1.807, 2.05) is 18.2 Å². The number of benzene rings is 1. The van der Waals surface area contributed by atoms with Gasteiger partial charge in [0.05, 0.1) is 11.1 Å². The van der Waals surface area contributed by atoms with Crippen LogP contribution >= 0.6 is 34.2 Å². The Bertz CT molecular complexity index is 600. The van der Waals surface area contributed by atoms with Crippen molar-refractivity contribution in [1.29, 1.82) is 0 Å². The molecule has 5 nitrogen and oxygen atoms in total. The summed E-state index contributed by atoms with van der Waals surface area (Å²) in [7, 11) is 0. The number of rotatable bonds is 6. The van der Waals surface area contributed by atoms with Crippen molar-refractivity contribution in [3.05, 3.63) is 32.6 Å². The molecule has 0 radical (unpaired) electrons. The molecule has 2 N–H and O–H groups in total. The number of aromatic nitrogens is 2. The molecule has 1 aromatic heterocycles. The van der Waals surface area contributed by atoms with Gasteiger partial charge in [-0.1, -0.05) is 30.6 Å². The first-order valence-electron chi connectivity index (χ1n) is 6.82. The molecule has 2 rings (SSSR count). The monoisotopic (exact) mass is 420 g/mol. The molecule has 0 spiro atoms. The minimum atomic E-state index is -0.262. The van der Waals surface area contributed by atoms with Crippen LogP contribution in [0.2, 0.25) is 5.02 Å². The third-order valence-electron chi connectivity index (χ3n) is 3.29. The standard InChI is InChI=1S/C14H18ClIN4O/c1-3-20(4-2)8-12(17)13-18-14(21-19-13)9-5-6-11(16)10(15)7-9/h5-7,12H,3-4,8,17H2,1-2H3. The molecule has 21 heavy (non-hydrogen) atoms. The number of hydrogen-bond donors (Lipinski definition) is 1. The third kappa shape index (κ3) is 4.15. The smallest absolute Gasteiger partial charge is 0.258 e. The van der Waals surface area contributed by atoms with E-state index >= 15 is 0 Å². The van der Waals surface area contributed by atoms with Crippen molar-refractivity contribution in [3.63, 3.8) is 0 Å². The van der Waals surface area contributed by atoms with Gasteiger partial charge in [-0.05, 0) is 53.9 Å². The molecule has 0 amide bonds. The van der Waals surface area contributed by atoms with E-state index in [0.29, 0.717) is 23.3 Å². The normalized spacial score (nSPS) is 12.9. The van der Waals surface area contributed by atoms with Crippen LogP contribution in [-0.4, -0.2) is 34.7 Å². The van der Waals surface area contributed by atoms with E-state index in [0.717, 1.165) is 22.2 Å². The van der Waals surface area contributed by atoms with Crippen molar-refractivity contribution in [2.45, 2.75) is 19.9 Å². The van der Waals surface area contributed by atoms with Gasteiger partial charge in [-0.25, -0.2) is 0 Å². The summed E-state index contributed by atoms with van der Waals surface area (Å²) in [5, 5.41) is 4.65. The SMILES string of the molecule is CCN(CC)CC(N)c1noc(-c2ccc(I)c(Cl)c2)n1. The number of likely N-dealkylation sites (N-methyl/N-ethyl adjacent to an activating group) is 1. The molecule has 0 bridgehead atoms. The summed E-state index contributed by atoms with van der Waals surface area (Å²) >= 11 is 8.28. The summed E-state index contributed by atoms with van der Waals surface area (Å²) in [6.45, 7) is 6.81. The molecule has 0 aliphatic heterocycles. The van der Waals surface area contributed by atoms with E-state index in [1.165, 1.54) is 0 Å². The Balaban J connectivity index is 2.15. The second-order valence-electron chi connectivity index (χ2n) is 4.68. The maximum Gasteiger partial charge on any atom is 0.258 e. The highest BCUT2D eigenvalue weighted by Gasteiger charge is 2.17. The van der Waals surface area contributed by atoms with Crippen molar-refractivity contribution in [1.82, 2.24) is 15.0 Å². The van der Waals surface area contributed by atoms with Crippen molar-refractivity contribution in [3.8, 4) is 11.5 Å². The van der Waals surface area contributed by atoms with E-state index < -0.39 is 0 Å². The molecule has 1 aromatic carbocycles. The minimum Gasteiger partial charge on any atom is -0.334 e. The molecule has 2 aromatic rings. The molecule has 1 atom stereocenters. The van der Waals surface area contributed by atoms with Crippen LogP contribution in [0.15, 0.2) is 22.7 Å². The summed E-state index contributed by atoms with van der Waals surface area (Å²) < 4.78 is 6.28. The number of hydrogen-bond acceptors (Lipinski definition) is 5. The molecule has 0 saturated carbocycles. The highest BCUT2D eigenvalue weighted by atomic mass is 127. The fourth-order valence-corrected chi connectivity index (χ4v) is 2.49. The molecule has 7 heteroatoms. The molecule has 1 heterocycles. The van der Waals surface area contributed by atoms with Crippen LogP contribution in [-0.2, 0) is 0 Å². The first kappa shape index (κ1) is 16.7. The van der Waals surface area contributed by atoms with Gasteiger partial charge in [0.2, 0.25) is 0 Å². The quantitative estimate of drug-likeness (QED) is 0.726. The first-order chi connectivity index (χ1) is 10.0. The van der Waals surface area contributed by atoms with Crippen LogP contribution in [0, 0.1) is 3.57 Å². The lowest BCUT2D eigenvalue weighted by atomic mass is 10.2. The fraction of sp³-hybridized carbons (Fsp3) is 0.429. The van der Waals surface area contributed by atoms with Crippen molar-refractivity contribution >= 4 is 34.2 Å². The fourth-order valence-electron chi connectivity index (χ4n) is 1.97. The predicted octanol–water partition coefficient (Wildman–Crippen LogP) is 3.34. The van der Waals surface area contributed by atoms with Crippen LogP contribution in [0.3, 0.4) is 0 Å². The summed E-state index contributed by atoms with van der Waals surface area (Å²) in [5.41, 5.74) is 6.94. The lowest BCUT2D eigenvalue weighted by molar-refractivity contribution is 0.278. The van der Waals surface area contributed by atoms with Gasteiger partial charge in [0.25, 0.3) is 5.89 Å². The summed E-state index contributed by atoms with van der Waals surface area (Å²) in [6.07, 6.45) is 0. The zero-order chi connectivity index (χ0) is 15.4. The Morgan fingerprint density at radius 2 is 2.10 bits per heavy atom. The van der Waals surface area contributed by atoms with E-state index in [-0.39, 0.29) is 6.04 Å². The van der Waals surface area contributed by atoms with Gasteiger partial charge in [0.15, 0.2) is 5.82 Å². The molecule has 0 aliphatic rings. The molecule has 0 fully saturated rings. The van der Waals surface area contributed by atoms with E-state index in [1.54, 1.807) is 0 Å². The average Bonchev–Trinajstić information content (AvgIpc) is 2.97. The van der Waals surface area contributed by atoms with Crippen LogP contribution < -0.4 is 5.73 Å². The first-order valence-corrected chi connectivity index (χ1v) is 8.27. The van der Waals surface area contributed by atoms with Gasteiger partial charge in [0.1, 0.15) is 0 Å². The predicted molar refractivity (Wildman–Crippen MR) is 92.2 cm³/mol. The summed E-state index contributed by atoms with van der Waals surface area (Å²) in [4.78, 5) is 6.61. The van der Waals surface area contributed by atoms with E-state index in [4.69, 9.17) is 21.9 Å².